The Bertz CT molecular complexity index is 241. The number of aliphatic hydroxyl groups is 1. The molecule has 1 fully saturated rings. The third-order valence-corrected chi connectivity index (χ3v) is 2.49. The van der Waals surface area contributed by atoms with Crippen molar-refractivity contribution in [1.82, 2.24) is 20.6 Å². The maximum Gasteiger partial charge on any atom is 0.265 e. The number of nitrogens with one attached hydrogen (secondary N) is 1. The zero-order valence-electron chi connectivity index (χ0n) is 7.35. The molecule has 2 heterocycles. The molecular weight excluding hydrogens is 170 g/mol. The number of aromatic amines is 1. The molecule has 2 N–H and O–H groups in total. The van der Waals surface area contributed by atoms with Crippen LogP contribution in [0, 0.1) is 5.92 Å². The monoisotopic (exact) mass is 183 g/mol. The summed E-state index contributed by atoms with van der Waals surface area (Å²) in [7, 11) is 0. The van der Waals surface area contributed by atoms with Gasteiger partial charge in [-0.05, 0) is 24.0 Å². The van der Waals surface area contributed by atoms with Crippen molar-refractivity contribution in [2.45, 2.75) is 12.8 Å². The summed E-state index contributed by atoms with van der Waals surface area (Å²) in [6.07, 6.45) is 2.01. The summed E-state index contributed by atoms with van der Waals surface area (Å²) in [5.74, 6) is 1.11. The summed E-state index contributed by atoms with van der Waals surface area (Å²) < 4.78 is 0. The molecule has 1 aromatic rings. The van der Waals surface area contributed by atoms with Crippen molar-refractivity contribution in [3.63, 3.8) is 0 Å². The van der Waals surface area contributed by atoms with Crippen LogP contribution in [0.15, 0.2) is 0 Å². The number of tetrazole rings is 1. The second kappa shape index (κ2) is 3.69. The highest BCUT2D eigenvalue weighted by Gasteiger charge is 2.20. The lowest BCUT2D eigenvalue weighted by Crippen LogP contribution is -2.35. The van der Waals surface area contributed by atoms with Crippen molar-refractivity contribution in [3.8, 4) is 0 Å². The lowest BCUT2D eigenvalue weighted by Gasteiger charge is -2.29. The van der Waals surface area contributed by atoms with E-state index in [1.54, 1.807) is 0 Å². The predicted octanol–water partition coefficient (Wildman–Crippen LogP) is -0.592. The van der Waals surface area contributed by atoms with E-state index in [9.17, 15) is 0 Å². The maximum atomic E-state index is 8.94. The van der Waals surface area contributed by atoms with Crippen LogP contribution >= 0.6 is 0 Å². The molecule has 1 aromatic heterocycles. The highest BCUT2D eigenvalue weighted by atomic mass is 16.3. The SMILES string of the molecule is OCC1CCN(c2nn[nH]n2)CC1. The molecule has 6 nitrogen and oxygen atoms in total. The van der Waals surface area contributed by atoms with E-state index >= 15 is 0 Å². The van der Waals surface area contributed by atoms with Crippen LogP contribution in [0.25, 0.3) is 0 Å². The van der Waals surface area contributed by atoms with E-state index in [1.807, 2.05) is 0 Å². The van der Waals surface area contributed by atoms with Gasteiger partial charge >= 0.3 is 0 Å². The zero-order chi connectivity index (χ0) is 9.10. The van der Waals surface area contributed by atoms with Gasteiger partial charge in [-0.1, -0.05) is 5.10 Å². The molecule has 0 atom stereocenters. The van der Waals surface area contributed by atoms with Gasteiger partial charge in [-0.25, -0.2) is 0 Å². The van der Waals surface area contributed by atoms with Crippen molar-refractivity contribution >= 4 is 5.95 Å². The van der Waals surface area contributed by atoms with Gasteiger partial charge in [0, 0.05) is 19.7 Å². The van der Waals surface area contributed by atoms with Gasteiger partial charge in [0.15, 0.2) is 0 Å². The molecule has 13 heavy (non-hydrogen) atoms. The smallest absolute Gasteiger partial charge is 0.265 e. The van der Waals surface area contributed by atoms with Crippen LogP contribution in [-0.2, 0) is 0 Å². The first-order valence-electron chi connectivity index (χ1n) is 4.49. The predicted molar refractivity (Wildman–Crippen MR) is 46.2 cm³/mol. The topological polar surface area (TPSA) is 77.9 Å². The molecule has 2 rings (SSSR count). The maximum absolute atomic E-state index is 8.94. The van der Waals surface area contributed by atoms with E-state index < -0.39 is 0 Å². The molecule has 0 radical (unpaired) electrons. The second-order valence-corrected chi connectivity index (χ2v) is 3.32. The minimum absolute atomic E-state index is 0.292. The second-order valence-electron chi connectivity index (χ2n) is 3.32. The van der Waals surface area contributed by atoms with Crippen LogP contribution in [0.3, 0.4) is 0 Å². The van der Waals surface area contributed by atoms with Gasteiger partial charge in [0.05, 0.1) is 0 Å². The van der Waals surface area contributed by atoms with Gasteiger partial charge in [0.1, 0.15) is 0 Å². The number of aromatic nitrogens is 4. The van der Waals surface area contributed by atoms with Crippen LogP contribution < -0.4 is 4.90 Å². The van der Waals surface area contributed by atoms with Crippen LogP contribution in [0.1, 0.15) is 12.8 Å². The minimum atomic E-state index is 0.292. The molecule has 1 aliphatic rings. The molecule has 0 bridgehead atoms. The Hall–Kier alpha value is -1.17. The standard InChI is InChI=1S/C7H13N5O/c13-5-6-1-3-12(4-2-6)7-8-10-11-9-7/h6,13H,1-5H2,(H,8,9,10,11). The quantitative estimate of drug-likeness (QED) is 0.640. The lowest BCUT2D eigenvalue weighted by atomic mass is 9.98. The number of nitrogens with zero attached hydrogens (tertiary/aromatic N) is 4. The molecule has 0 aromatic carbocycles. The number of anilines is 1. The highest BCUT2D eigenvalue weighted by molar-refractivity contribution is 5.26. The summed E-state index contributed by atoms with van der Waals surface area (Å²) in [6.45, 7) is 2.11. The molecule has 0 unspecified atom stereocenters. The van der Waals surface area contributed by atoms with Crippen LogP contribution in [0.4, 0.5) is 5.95 Å². The summed E-state index contributed by atoms with van der Waals surface area (Å²) >= 11 is 0. The number of hydrogen-bond donors (Lipinski definition) is 2. The Balaban J connectivity index is 1.92. The molecule has 0 amide bonds. The minimum Gasteiger partial charge on any atom is -0.396 e. The number of aliphatic hydroxyl groups excluding tert-OH is 1. The van der Waals surface area contributed by atoms with E-state index in [0.717, 1.165) is 25.9 Å². The van der Waals surface area contributed by atoms with Crippen LogP contribution in [-0.4, -0.2) is 45.4 Å². The fourth-order valence-electron chi connectivity index (χ4n) is 1.61. The molecule has 72 valence electrons. The third-order valence-electron chi connectivity index (χ3n) is 2.49. The average Bonchev–Trinajstić information content (AvgIpc) is 2.71. The van der Waals surface area contributed by atoms with Gasteiger partial charge in [-0.2, -0.15) is 5.21 Å². The molecule has 0 aliphatic carbocycles. The fourth-order valence-corrected chi connectivity index (χ4v) is 1.61. The number of hydrogen-bond acceptors (Lipinski definition) is 5. The van der Waals surface area contributed by atoms with E-state index in [0.29, 0.717) is 18.5 Å². The first-order chi connectivity index (χ1) is 6.40. The van der Waals surface area contributed by atoms with Crippen LogP contribution in [0.5, 0.6) is 0 Å². The Labute approximate surface area is 75.9 Å². The van der Waals surface area contributed by atoms with E-state index in [1.165, 1.54) is 0 Å². The van der Waals surface area contributed by atoms with Crippen molar-refractivity contribution in [2.24, 2.45) is 5.92 Å². The Morgan fingerprint density at radius 3 is 2.77 bits per heavy atom. The van der Waals surface area contributed by atoms with E-state index in [-0.39, 0.29) is 0 Å². The molecular formula is C7H13N5O. The average molecular weight is 183 g/mol. The largest absolute Gasteiger partial charge is 0.396 e. The number of H-pyrrole nitrogens is 1. The molecule has 0 saturated carbocycles. The van der Waals surface area contributed by atoms with Crippen molar-refractivity contribution < 1.29 is 5.11 Å². The van der Waals surface area contributed by atoms with Gasteiger partial charge in [0.25, 0.3) is 5.95 Å². The normalized spacial score (nSPS) is 19.3. The van der Waals surface area contributed by atoms with Gasteiger partial charge in [-0.3, -0.25) is 0 Å². The molecule has 1 aliphatic heterocycles. The lowest BCUT2D eigenvalue weighted by molar-refractivity contribution is 0.202. The van der Waals surface area contributed by atoms with Crippen molar-refractivity contribution in [3.05, 3.63) is 0 Å². The molecule has 6 heteroatoms. The van der Waals surface area contributed by atoms with Crippen molar-refractivity contribution in [2.75, 3.05) is 24.6 Å². The van der Waals surface area contributed by atoms with Gasteiger partial charge < -0.3 is 10.0 Å². The summed E-state index contributed by atoms with van der Waals surface area (Å²) in [4.78, 5) is 2.08. The summed E-state index contributed by atoms with van der Waals surface area (Å²) in [5.41, 5.74) is 0. The van der Waals surface area contributed by atoms with Crippen LogP contribution in [0.2, 0.25) is 0 Å². The highest BCUT2D eigenvalue weighted by Crippen LogP contribution is 2.18. The summed E-state index contributed by atoms with van der Waals surface area (Å²) in [6, 6.07) is 0. The first-order valence-corrected chi connectivity index (χ1v) is 4.49. The first kappa shape index (κ1) is 8.43. The van der Waals surface area contributed by atoms with Gasteiger partial charge in [0.2, 0.25) is 0 Å². The Kier molecular flexibility index (Phi) is 2.40. The molecule has 1 saturated heterocycles. The number of rotatable bonds is 2. The van der Waals surface area contributed by atoms with E-state index in [2.05, 4.69) is 25.5 Å². The Morgan fingerprint density at radius 2 is 2.23 bits per heavy atom. The third kappa shape index (κ3) is 1.77. The Morgan fingerprint density at radius 1 is 1.46 bits per heavy atom. The zero-order valence-corrected chi connectivity index (χ0v) is 7.35. The van der Waals surface area contributed by atoms with Gasteiger partial charge in [-0.15, -0.1) is 5.10 Å². The number of piperidine rings is 1. The van der Waals surface area contributed by atoms with E-state index in [4.69, 9.17) is 5.11 Å². The fraction of sp³-hybridized carbons (Fsp3) is 0.857. The summed E-state index contributed by atoms with van der Waals surface area (Å²) in [5, 5.41) is 22.7. The van der Waals surface area contributed by atoms with Crippen molar-refractivity contribution in [1.29, 1.82) is 0 Å². The molecule has 0 spiro atoms.